The summed E-state index contributed by atoms with van der Waals surface area (Å²) in [4.78, 5) is 13.6. The third-order valence-electron chi connectivity index (χ3n) is 8.58. The number of thiazole rings is 1. The molecule has 1 aliphatic rings. The molecule has 0 atom stereocenters. The van der Waals surface area contributed by atoms with E-state index < -0.39 is 0 Å². The average Bonchev–Trinajstić information content (AvgIpc) is 3.71. The third-order valence-corrected chi connectivity index (χ3v) is 9.40. The van der Waals surface area contributed by atoms with Crippen LogP contribution in [-0.2, 0) is 19.6 Å². The predicted molar refractivity (Wildman–Crippen MR) is 176 cm³/mol. The molecule has 0 unspecified atom stereocenters. The number of rotatable bonds is 12. The Hall–Kier alpha value is -3.54. The number of aromatic nitrogens is 3. The van der Waals surface area contributed by atoms with Crippen LogP contribution in [0.5, 0.6) is 0 Å². The van der Waals surface area contributed by atoms with Crippen LogP contribution in [0.4, 0.5) is 0 Å². The van der Waals surface area contributed by atoms with Gasteiger partial charge in [0.2, 0.25) is 0 Å². The van der Waals surface area contributed by atoms with Crippen molar-refractivity contribution in [1.29, 1.82) is 0 Å². The summed E-state index contributed by atoms with van der Waals surface area (Å²) < 4.78 is 2.53. The standard InChI is InChI=1S/C37H42N4S/c1-2-3-23-41-34(36(32-15-9-5-10-16-32)39-37(41)33-17-11-6-12-18-33)27-40(25-29-13-7-4-8-14-29)26-30-19-21-31(22-20-30)35-24-38-28-42-35/h5-6,9-12,15-22,24,28-29H,2-4,7-8,13-14,23,25-27H2,1H3. The molecule has 6 rings (SSSR count). The number of unbranched alkanes of at least 4 members (excludes halogenated alkanes) is 1. The highest BCUT2D eigenvalue weighted by molar-refractivity contribution is 7.13. The van der Waals surface area contributed by atoms with Crippen LogP contribution in [0.15, 0.2) is 96.6 Å². The molecule has 3 aromatic carbocycles. The average molecular weight is 575 g/mol. The maximum atomic E-state index is 5.38. The molecule has 2 aromatic heterocycles. The van der Waals surface area contributed by atoms with Crippen LogP contribution >= 0.6 is 11.3 Å². The first-order chi connectivity index (χ1) is 20.8. The van der Waals surface area contributed by atoms with E-state index in [0.29, 0.717) is 0 Å². The van der Waals surface area contributed by atoms with Crippen molar-refractivity contribution in [3.63, 3.8) is 0 Å². The zero-order valence-electron chi connectivity index (χ0n) is 24.8. The number of benzene rings is 3. The van der Waals surface area contributed by atoms with E-state index in [9.17, 15) is 0 Å². The zero-order chi connectivity index (χ0) is 28.6. The molecular weight excluding hydrogens is 533 g/mol. The fourth-order valence-electron chi connectivity index (χ4n) is 6.36. The predicted octanol–water partition coefficient (Wildman–Crippen LogP) is 9.72. The van der Waals surface area contributed by atoms with Gasteiger partial charge in [0.15, 0.2) is 0 Å². The van der Waals surface area contributed by atoms with Crippen molar-refractivity contribution in [2.24, 2.45) is 5.92 Å². The van der Waals surface area contributed by atoms with Crippen LogP contribution in [0.2, 0.25) is 0 Å². The summed E-state index contributed by atoms with van der Waals surface area (Å²) in [5.74, 6) is 1.85. The number of nitrogens with zero attached hydrogens (tertiary/aromatic N) is 4. The van der Waals surface area contributed by atoms with Gasteiger partial charge >= 0.3 is 0 Å². The molecule has 216 valence electrons. The summed E-state index contributed by atoms with van der Waals surface area (Å²) in [6, 6.07) is 30.7. The van der Waals surface area contributed by atoms with Crippen molar-refractivity contribution in [2.45, 2.75) is 71.5 Å². The van der Waals surface area contributed by atoms with E-state index in [2.05, 4.69) is 106 Å². The quantitative estimate of drug-likeness (QED) is 0.149. The van der Waals surface area contributed by atoms with Crippen molar-refractivity contribution in [3.05, 3.63) is 108 Å². The lowest BCUT2D eigenvalue weighted by Crippen LogP contribution is -2.31. The van der Waals surface area contributed by atoms with Crippen LogP contribution in [0.25, 0.3) is 33.1 Å². The molecule has 0 spiro atoms. The molecule has 5 heteroatoms. The lowest BCUT2D eigenvalue weighted by atomic mass is 9.88. The van der Waals surface area contributed by atoms with E-state index in [1.165, 1.54) is 64.9 Å². The minimum Gasteiger partial charge on any atom is -0.326 e. The summed E-state index contributed by atoms with van der Waals surface area (Å²) in [5.41, 5.74) is 9.37. The zero-order valence-corrected chi connectivity index (χ0v) is 25.6. The second-order valence-corrected chi connectivity index (χ2v) is 12.6. The van der Waals surface area contributed by atoms with Crippen LogP contribution < -0.4 is 0 Å². The minimum absolute atomic E-state index is 0.760. The van der Waals surface area contributed by atoms with E-state index in [1.807, 2.05) is 11.7 Å². The molecule has 1 aliphatic carbocycles. The molecule has 0 radical (unpaired) electrons. The number of hydrogen-bond donors (Lipinski definition) is 0. The van der Waals surface area contributed by atoms with Gasteiger partial charge in [-0.05, 0) is 36.3 Å². The van der Waals surface area contributed by atoms with Gasteiger partial charge in [-0.15, -0.1) is 11.3 Å². The minimum atomic E-state index is 0.760. The van der Waals surface area contributed by atoms with Crippen molar-refractivity contribution < 1.29 is 0 Å². The lowest BCUT2D eigenvalue weighted by Gasteiger charge is -2.30. The van der Waals surface area contributed by atoms with Crippen molar-refractivity contribution in [2.75, 3.05) is 6.54 Å². The number of imidazole rings is 1. The number of hydrogen-bond acceptors (Lipinski definition) is 4. The molecule has 42 heavy (non-hydrogen) atoms. The van der Waals surface area contributed by atoms with Gasteiger partial charge in [0, 0.05) is 43.5 Å². The highest BCUT2D eigenvalue weighted by Gasteiger charge is 2.24. The molecule has 1 fully saturated rings. The second kappa shape index (κ2) is 14.1. The molecule has 4 nitrogen and oxygen atoms in total. The Morgan fingerprint density at radius 3 is 2.19 bits per heavy atom. The Labute approximate surface area is 255 Å². The van der Waals surface area contributed by atoms with Crippen molar-refractivity contribution >= 4 is 11.3 Å². The van der Waals surface area contributed by atoms with Crippen LogP contribution in [0.1, 0.15) is 63.1 Å². The molecular formula is C37H42N4S. The molecule has 0 bridgehead atoms. The van der Waals surface area contributed by atoms with E-state index in [4.69, 9.17) is 4.98 Å². The van der Waals surface area contributed by atoms with Crippen LogP contribution in [-0.4, -0.2) is 26.0 Å². The fourth-order valence-corrected chi connectivity index (χ4v) is 6.99. The monoisotopic (exact) mass is 574 g/mol. The highest BCUT2D eigenvalue weighted by Crippen LogP contribution is 2.33. The Kier molecular flexibility index (Phi) is 9.58. The molecule has 5 aromatic rings. The molecule has 0 aliphatic heterocycles. The summed E-state index contributed by atoms with van der Waals surface area (Å²) in [7, 11) is 0. The maximum absolute atomic E-state index is 5.38. The largest absolute Gasteiger partial charge is 0.326 e. The van der Waals surface area contributed by atoms with E-state index in [-0.39, 0.29) is 0 Å². The third kappa shape index (κ3) is 6.91. The highest BCUT2D eigenvalue weighted by atomic mass is 32.1. The first-order valence-corrected chi connectivity index (χ1v) is 16.6. The second-order valence-electron chi connectivity index (χ2n) is 11.7. The fraction of sp³-hybridized carbons (Fsp3) is 0.351. The van der Waals surface area contributed by atoms with Crippen LogP contribution in [0, 0.1) is 5.92 Å². The van der Waals surface area contributed by atoms with Crippen molar-refractivity contribution in [3.8, 4) is 33.1 Å². The summed E-state index contributed by atoms with van der Waals surface area (Å²) in [5, 5.41) is 0. The van der Waals surface area contributed by atoms with Gasteiger partial charge in [0.1, 0.15) is 5.82 Å². The first-order valence-electron chi connectivity index (χ1n) is 15.7. The van der Waals surface area contributed by atoms with E-state index in [0.717, 1.165) is 56.5 Å². The van der Waals surface area contributed by atoms with Gasteiger partial charge in [0.25, 0.3) is 0 Å². The Morgan fingerprint density at radius 1 is 0.810 bits per heavy atom. The van der Waals surface area contributed by atoms with Gasteiger partial charge in [-0.1, -0.05) is 118 Å². The first kappa shape index (κ1) is 28.6. The van der Waals surface area contributed by atoms with Gasteiger partial charge < -0.3 is 4.57 Å². The lowest BCUT2D eigenvalue weighted by molar-refractivity contribution is 0.183. The van der Waals surface area contributed by atoms with Gasteiger partial charge in [-0.25, -0.2) is 4.98 Å². The molecule has 1 saturated carbocycles. The Bertz CT molecular complexity index is 1500. The van der Waals surface area contributed by atoms with Gasteiger partial charge in [-0.3, -0.25) is 9.88 Å². The maximum Gasteiger partial charge on any atom is 0.140 e. The molecule has 0 saturated heterocycles. The Morgan fingerprint density at radius 2 is 1.52 bits per heavy atom. The summed E-state index contributed by atoms with van der Waals surface area (Å²) in [6.45, 7) is 6.22. The van der Waals surface area contributed by atoms with Crippen molar-refractivity contribution in [1.82, 2.24) is 19.4 Å². The summed E-state index contributed by atoms with van der Waals surface area (Å²) >= 11 is 1.70. The SMILES string of the molecule is CCCCn1c(-c2ccccc2)nc(-c2ccccc2)c1CN(Cc1ccc(-c2cncs2)cc1)CC1CCCCC1. The normalized spacial score (nSPS) is 14.0. The molecule has 0 N–H and O–H groups in total. The molecule has 2 heterocycles. The topological polar surface area (TPSA) is 34.0 Å². The smallest absolute Gasteiger partial charge is 0.140 e. The summed E-state index contributed by atoms with van der Waals surface area (Å²) in [6.07, 6.45) is 11.1. The van der Waals surface area contributed by atoms with E-state index >= 15 is 0 Å². The van der Waals surface area contributed by atoms with Gasteiger partial charge in [-0.2, -0.15) is 0 Å². The van der Waals surface area contributed by atoms with Gasteiger partial charge in [0.05, 0.1) is 21.8 Å². The Balaban J connectivity index is 1.38. The van der Waals surface area contributed by atoms with E-state index in [1.54, 1.807) is 11.3 Å². The molecule has 0 amide bonds. The van der Waals surface area contributed by atoms with Crippen LogP contribution in [0.3, 0.4) is 0 Å².